The number of aryl methyl sites for hydroxylation is 1. The summed E-state index contributed by atoms with van der Waals surface area (Å²) in [4.78, 5) is 21.4. The third-order valence-electron chi connectivity index (χ3n) is 2.74. The van der Waals surface area contributed by atoms with Gasteiger partial charge in [-0.2, -0.15) is 4.37 Å². The minimum atomic E-state index is -0.0991. The number of rotatable bonds is 2. The summed E-state index contributed by atoms with van der Waals surface area (Å²) in [6.07, 6.45) is 1.52. The lowest BCUT2D eigenvalue weighted by molar-refractivity contribution is 0.730. The van der Waals surface area contributed by atoms with Gasteiger partial charge in [0.25, 0.3) is 5.56 Å². The van der Waals surface area contributed by atoms with Gasteiger partial charge in [0.15, 0.2) is 4.83 Å². The monoisotopic (exact) mass is 292 g/mol. The van der Waals surface area contributed by atoms with Gasteiger partial charge in [0.05, 0.1) is 29.6 Å². The van der Waals surface area contributed by atoms with E-state index in [1.54, 1.807) is 12.1 Å². The maximum atomic E-state index is 12.3. The lowest BCUT2D eigenvalue weighted by Gasteiger charge is -2.04. The van der Waals surface area contributed by atoms with Crippen LogP contribution < -0.4 is 5.56 Å². The van der Waals surface area contributed by atoms with Crippen LogP contribution in [-0.2, 0) is 6.54 Å². The first-order valence-electron chi connectivity index (χ1n) is 5.58. The molecule has 0 fully saturated rings. The minimum Gasteiger partial charge on any atom is -0.293 e. The smallest absolute Gasteiger partial charge is 0.264 e. The Balaban J connectivity index is 2.08. The molecule has 0 aliphatic heterocycles. The zero-order valence-electron chi connectivity index (χ0n) is 10.00. The average Bonchev–Trinajstić information content (AvgIpc) is 2.75. The molecule has 0 bridgehead atoms. The average molecular weight is 293 g/mol. The molecule has 0 aliphatic rings. The Morgan fingerprint density at radius 3 is 3.05 bits per heavy atom. The van der Waals surface area contributed by atoms with Crippen LogP contribution in [0, 0.1) is 6.92 Å². The first-order valence-corrected chi connectivity index (χ1v) is 6.73. The third-order valence-corrected chi connectivity index (χ3v) is 3.80. The van der Waals surface area contributed by atoms with Crippen LogP contribution in [0.2, 0.25) is 5.15 Å². The zero-order chi connectivity index (χ0) is 13.4. The second-order valence-electron chi connectivity index (χ2n) is 4.08. The standard InChI is InChI=1S/C12H9ClN4OS/c1-7-10-11(19-16-7)14-6-17(12(10)18)5-8-3-2-4-9(13)15-8/h2-4,6H,5H2,1H3. The summed E-state index contributed by atoms with van der Waals surface area (Å²) in [5.74, 6) is 0. The summed E-state index contributed by atoms with van der Waals surface area (Å²) in [6.45, 7) is 2.15. The molecule has 0 spiro atoms. The highest BCUT2D eigenvalue weighted by Gasteiger charge is 2.10. The number of nitrogens with zero attached hydrogens (tertiary/aromatic N) is 4. The number of hydrogen-bond donors (Lipinski definition) is 0. The maximum Gasteiger partial charge on any atom is 0.264 e. The number of pyridine rings is 1. The molecule has 0 saturated heterocycles. The Bertz CT molecular complexity index is 811. The Hall–Kier alpha value is -1.79. The normalized spacial score (nSPS) is 11.1. The Morgan fingerprint density at radius 1 is 1.42 bits per heavy atom. The van der Waals surface area contributed by atoms with E-state index in [0.717, 1.165) is 5.69 Å². The van der Waals surface area contributed by atoms with Crippen molar-refractivity contribution in [3.63, 3.8) is 0 Å². The number of aromatic nitrogens is 4. The fourth-order valence-corrected chi connectivity index (χ4v) is 2.75. The van der Waals surface area contributed by atoms with E-state index in [1.807, 2.05) is 13.0 Å². The fourth-order valence-electron chi connectivity index (χ4n) is 1.84. The van der Waals surface area contributed by atoms with Gasteiger partial charge in [-0.3, -0.25) is 9.36 Å². The van der Waals surface area contributed by atoms with Crippen LogP contribution in [0.4, 0.5) is 0 Å². The van der Waals surface area contributed by atoms with E-state index < -0.39 is 0 Å². The molecule has 0 aliphatic carbocycles. The van der Waals surface area contributed by atoms with Gasteiger partial charge in [-0.1, -0.05) is 17.7 Å². The molecular formula is C12H9ClN4OS. The molecule has 3 rings (SSSR count). The summed E-state index contributed by atoms with van der Waals surface area (Å²) >= 11 is 7.07. The molecular weight excluding hydrogens is 284 g/mol. The Kier molecular flexibility index (Phi) is 3.04. The van der Waals surface area contributed by atoms with Gasteiger partial charge < -0.3 is 0 Å². The van der Waals surface area contributed by atoms with Crippen LogP contribution in [0.3, 0.4) is 0 Å². The second-order valence-corrected chi connectivity index (χ2v) is 5.22. The molecule has 7 heteroatoms. The van der Waals surface area contributed by atoms with Crippen LogP contribution in [0.5, 0.6) is 0 Å². The topological polar surface area (TPSA) is 60.7 Å². The van der Waals surface area contributed by atoms with Gasteiger partial charge in [-0.25, -0.2) is 9.97 Å². The van der Waals surface area contributed by atoms with Gasteiger partial charge in [0, 0.05) is 0 Å². The molecule has 0 unspecified atom stereocenters. The van der Waals surface area contributed by atoms with Crippen LogP contribution in [0.25, 0.3) is 10.2 Å². The highest BCUT2D eigenvalue weighted by Crippen LogP contribution is 2.15. The summed E-state index contributed by atoms with van der Waals surface area (Å²) < 4.78 is 5.66. The Morgan fingerprint density at radius 2 is 2.26 bits per heavy atom. The quantitative estimate of drug-likeness (QED) is 0.680. The predicted octanol–water partition coefficient (Wildman–Crippen LogP) is 2.26. The van der Waals surface area contributed by atoms with Gasteiger partial charge in [0.1, 0.15) is 5.15 Å². The van der Waals surface area contributed by atoms with Gasteiger partial charge in [-0.15, -0.1) is 0 Å². The zero-order valence-corrected chi connectivity index (χ0v) is 11.6. The van der Waals surface area contributed by atoms with Crippen LogP contribution in [0.15, 0.2) is 29.3 Å². The van der Waals surface area contributed by atoms with Crippen molar-refractivity contribution < 1.29 is 0 Å². The van der Waals surface area contributed by atoms with Crippen LogP contribution in [0.1, 0.15) is 11.4 Å². The number of hydrogen-bond acceptors (Lipinski definition) is 5. The summed E-state index contributed by atoms with van der Waals surface area (Å²) in [5.41, 5.74) is 1.33. The van der Waals surface area contributed by atoms with Crippen molar-refractivity contribution in [3.8, 4) is 0 Å². The number of fused-ring (bicyclic) bond motifs is 1. The first kappa shape index (κ1) is 12.3. The minimum absolute atomic E-state index is 0.0991. The Labute approximate surface area is 117 Å². The molecule has 0 saturated carbocycles. The van der Waals surface area contributed by atoms with Gasteiger partial charge >= 0.3 is 0 Å². The molecule has 3 aromatic rings. The molecule has 3 aromatic heterocycles. The summed E-state index contributed by atoms with van der Waals surface area (Å²) in [5, 5.41) is 0.988. The molecule has 0 aromatic carbocycles. The van der Waals surface area contributed by atoms with Crippen molar-refractivity contribution in [1.29, 1.82) is 0 Å². The number of halogens is 1. The SMILES string of the molecule is Cc1nsc2ncn(Cc3cccc(Cl)n3)c(=O)c12. The van der Waals surface area contributed by atoms with Crippen LogP contribution >= 0.6 is 23.1 Å². The molecule has 19 heavy (non-hydrogen) atoms. The molecule has 3 heterocycles. The second kappa shape index (κ2) is 4.71. The molecule has 0 amide bonds. The first-order chi connectivity index (χ1) is 9.15. The molecule has 96 valence electrons. The molecule has 0 atom stereocenters. The highest BCUT2D eigenvalue weighted by molar-refractivity contribution is 7.12. The van der Waals surface area contributed by atoms with Crippen molar-refractivity contribution in [3.05, 3.63) is 51.4 Å². The van der Waals surface area contributed by atoms with E-state index >= 15 is 0 Å². The van der Waals surface area contributed by atoms with Crippen molar-refractivity contribution in [2.45, 2.75) is 13.5 Å². The van der Waals surface area contributed by atoms with E-state index in [9.17, 15) is 4.79 Å². The maximum absolute atomic E-state index is 12.3. The van der Waals surface area contributed by atoms with E-state index in [-0.39, 0.29) is 5.56 Å². The van der Waals surface area contributed by atoms with E-state index in [0.29, 0.717) is 27.6 Å². The van der Waals surface area contributed by atoms with E-state index in [2.05, 4.69) is 14.3 Å². The molecule has 0 N–H and O–H groups in total. The van der Waals surface area contributed by atoms with Gasteiger partial charge in [0.2, 0.25) is 0 Å². The fraction of sp³-hybridized carbons (Fsp3) is 0.167. The van der Waals surface area contributed by atoms with Crippen molar-refractivity contribution in [2.24, 2.45) is 0 Å². The van der Waals surface area contributed by atoms with Crippen molar-refractivity contribution >= 4 is 33.4 Å². The lowest BCUT2D eigenvalue weighted by atomic mass is 10.3. The van der Waals surface area contributed by atoms with E-state index in [1.165, 1.54) is 22.4 Å². The molecule has 0 radical (unpaired) electrons. The largest absolute Gasteiger partial charge is 0.293 e. The summed E-state index contributed by atoms with van der Waals surface area (Å²) in [7, 11) is 0. The van der Waals surface area contributed by atoms with E-state index in [4.69, 9.17) is 11.6 Å². The van der Waals surface area contributed by atoms with Crippen molar-refractivity contribution in [1.82, 2.24) is 18.9 Å². The lowest BCUT2D eigenvalue weighted by Crippen LogP contribution is -2.21. The highest BCUT2D eigenvalue weighted by atomic mass is 35.5. The van der Waals surface area contributed by atoms with Crippen molar-refractivity contribution in [2.75, 3.05) is 0 Å². The predicted molar refractivity (Wildman–Crippen MR) is 74.8 cm³/mol. The third kappa shape index (κ3) is 2.24. The molecule has 5 nitrogen and oxygen atoms in total. The van der Waals surface area contributed by atoms with Crippen LogP contribution in [-0.4, -0.2) is 18.9 Å². The summed E-state index contributed by atoms with van der Waals surface area (Å²) in [6, 6.07) is 5.32. The van der Waals surface area contributed by atoms with Gasteiger partial charge in [-0.05, 0) is 30.6 Å².